The molecule has 1 rings (SSSR count). The quantitative estimate of drug-likeness (QED) is 0.795. The molecular formula is C13H25F3N2. The molecule has 0 aromatic rings. The van der Waals surface area contributed by atoms with E-state index in [1.165, 1.54) is 0 Å². The van der Waals surface area contributed by atoms with Gasteiger partial charge in [0, 0.05) is 12.6 Å². The van der Waals surface area contributed by atoms with Gasteiger partial charge in [0.15, 0.2) is 0 Å². The molecule has 0 aromatic carbocycles. The van der Waals surface area contributed by atoms with Gasteiger partial charge in [-0.1, -0.05) is 6.92 Å². The molecule has 0 spiro atoms. The summed E-state index contributed by atoms with van der Waals surface area (Å²) in [6, 6.07) is 0.494. The number of rotatable bonds is 6. The van der Waals surface area contributed by atoms with Crippen LogP contribution in [0.3, 0.4) is 0 Å². The largest absolute Gasteiger partial charge is 0.393 e. The van der Waals surface area contributed by atoms with E-state index in [0.29, 0.717) is 18.9 Å². The van der Waals surface area contributed by atoms with Crippen molar-refractivity contribution >= 4 is 0 Å². The van der Waals surface area contributed by atoms with Gasteiger partial charge in [-0.25, -0.2) is 0 Å². The summed E-state index contributed by atoms with van der Waals surface area (Å²) >= 11 is 0. The van der Waals surface area contributed by atoms with Gasteiger partial charge < -0.3 is 10.2 Å². The van der Waals surface area contributed by atoms with Crippen LogP contribution in [0.1, 0.15) is 39.0 Å². The molecule has 1 fully saturated rings. The van der Waals surface area contributed by atoms with Gasteiger partial charge in [-0.05, 0) is 52.2 Å². The SMILES string of the molecule is CCC(CCCN1CCCC(C(F)(F)F)C1)NC. The molecule has 1 N–H and O–H groups in total. The highest BCUT2D eigenvalue weighted by molar-refractivity contribution is 4.78. The number of hydrogen-bond donors (Lipinski definition) is 1. The summed E-state index contributed by atoms with van der Waals surface area (Å²) in [5.41, 5.74) is 0. The van der Waals surface area contributed by atoms with Gasteiger partial charge in [-0.3, -0.25) is 0 Å². The number of piperidine rings is 1. The molecule has 1 aliphatic heterocycles. The lowest BCUT2D eigenvalue weighted by atomic mass is 9.97. The average molecular weight is 266 g/mol. The second kappa shape index (κ2) is 7.34. The highest BCUT2D eigenvalue weighted by atomic mass is 19.4. The smallest absolute Gasteiger partial charge is 0.317 e. The van der Waals surface area contributed by atoms with Gasteiger partial charge in [0.05, 0.1) is 5.92 Å². The Bertz CT molecular complexity index is 227. The van der Waals surface area contributed by atoms with Crippen molar-refractivity contribution < 1.29 is 13.2 Å². The number of hydrogen-bond acceptors (Lipinski definition) is 2. The standard InChI is InChI=1S/C13H25F3N2/c1-3-12(17-2)7-5-9-18-8-4-6-11(10-18)13(14,15)16/h11-12,17H,3-10H2,1-2H3. The Labute approximate surface area is 108 Å². The summed E-state index contributed by atoms with van der Waals surface area (Å²) in [7, 11) is 1.94. The summed E-state index contributed by atoms with van der Waals surface area (Å²) < 4.78 is 37.9. The Morgan fingerprint density at radius 2 is 2.11 bits per heavy atom. The van der Waals surface area contributed by atoms with E-state index in [4.69, 9.17) is 0 Å². The fourth-order valence-corrected chi connectivity index (χ4v) is 2.64. The summed E-state index contributed by atoms with van der Waals surface area (Å²) in [6.45, 7) is 3.94. The number of likely N-dealkylation sites (tertiary alicyclic amines) is 1. The zero-order valence-electron chi connectivity index (χ0n) is 11.4. The predicted molar refractivity (Wildman–Crippen MR) is 67.6 cm³/mol. The van der Waals surface area contributed by atoms with Crippen molar-refractivity contribution in [2.24, 2.45) is 5.92 Å². The van der Waals surface area contributed by atoms with Crippen molar-refractivity contribution in [2.45, 2.75) is 51.2 Å². The normalized spacial score (nSPS) is 24.2. The van der Waals surface area contributed by atoms with Crippen molar-refractivity contribution in [1.82, 2.24) is 10.2 Å². The van der Waals surface area contributed by atoms with E-state index in [1.807, 2.05) is 11.9 Å². The zero-order chi connectivity index (χ0) is 13.6. The van der Waals surface area contributed by atoms with E-state index < -0.39 is 12.1 Å². The molecule has 0 radical (unpaired) electrons. The van der Waals surface area contributed by atoms with Gasteiger partial charge in [0.1, 0.15) is 0 Å². The topological polar surface area (TPSA) is 15.3 Å². The van der Waals surface area contributed by atoms with Crippen LogP contribution in [0.25, 0.3) is 0 Å². The van der Waals surface area contributed by atoms with Crippen molar-refractivity contribution in [3.05, 3.63) is 0 Å². The third-order valence-electron chi connectivity index (χ3n) is 3.90. The lowest BCUT2D eigenvalue weighted by Gasteiger charge is -2.33. The number of nitrogens with zero attached hydrogens (tertiary/aromatic N) is 1. The maximum Gasteiger partial charge on any atom is 0.393 e. The molecule has 2 atom stereocenters. The molecule has 0 aromatic heterocycles. The van der Waals surface area contributed by atoms with Crippen LogP contribution in [0.2, 0.25) is 0 Å². The molecule has 0 aliphatic carbocycles. The van der Waals surface area contributed by atoms with Crippen LogP contribution in [-0.2, 0) is 0 Å². The van der Waals surface area contributed by atoms with E-state index in [-0.39, 0.29) is 6.54 Å². The van der Waals surface area contributed by atoms with E-state index in [2.05, 4.69) is 12.2 Å². The van der Waals surface area contributed by atoms with Gasteiger partial charge in [0.25, 0.3) is 0 Å². The van der Waals surface area contributed by atoms with Gasteiger partial charge in [0.2, 0.25) is 0 Å². The summed E-state index contributed by atoms with van der Waals surface area (Å²) in [4.78, 5) is 1.98. The van der Waals surface area contributed by atoms with Crippen molar-refractivity contribution in [1.29, 1.82) is 0 Å². The third kappa shape index (κ3) is 5.14. The number of alkyl halides is 3. The fraction of sp³-hybridized carbons (Fsp3) is 1.00. The molecule has 0 amide bonds. The summed E-state index contributed by atoms with van der Waals surface area (Å²) in [5, 5.41) is 3.22. The molecule has 1 heterocycles. The number of halogens is 3. The van der Waals surface area contributed by atoms with Crippen LogP contribution < -0.4 is 5.32 Å². The van der Waals surface area contributed by atoms with Gasteiger partial charge in [-0.2, -0.15) is 13.2 Å². The molecule has 5 heteroatoms. The summed E-state index contributed by atoms with van der Waals surface area (Å²) in [6.07, 6.45) is 0.0445. The number of nitrogens with one attached hydrogen (secondary N) is 1. The monoisotopic (exact) mass is 266 g/mol. The Kier molecular flexibility index (Phi) is 6.43. The minimum Gasteiger partial charge on any atom is -0.317 e. The Morgan fingerprint density at radius 3 is 2.67 bits per heavy atom. The predicted octanol–water partition coefficient (Wildman–Crippen LogP) is 3.04. The average Bonchev–Trinajstić information content (AvgIpc) is 2.34. The first-order chi connectivity index (χ1) is 8.47. The van der Waals surface area contributed by atoms with Crippen LogP contribution in [0.5, 0.6) is 0 Å². The third-order valence-corrected chi connectivity index (χ3v) is 3.90. The molecule has 0 bridgehead atoms. The van der Waals surface area contributed by atoms with E-state index in [9.17, 15) is 13.2 Å². The van der Waals surface area contributed by atoms with Crippen LogP contribution in [0.15, 0.2) is 0 Å². The molecular weight excluding hydrogens is 241 g/mol. The maximum atomic E-state index is 12.6. The molecule has 0 saturated carbocycles. The first kappa shape index (κ1) is 15.8. The van der Waals surface area contributed by atoms with Crippen LogP contribution >= 0.6 is 0 Å². The molecule has 108 valence electrons. The first-order valence-electron chi connectivity index (χ1n) is 6.93. The Morgan fingerprint density at radius 1 is 1.39 bits per heavy atom. The van der Waals surface area contributed by atoms with E-state index >= 15 is 0 Å². The van der Waals surface area contributed by atoms with Crippen molar-refractivity contribution in [3.63, 3.8) is 0 Å². The fourth-order valence-electron chi connectivity index (χ4n) is 2.64. The lowest BCUT2D eigenvalue weighted by Crippen LogP contribution is -2.42. The van der Waals surface area contributed by atoms with E-state index in [0.717, 1.165) is 32.4 Å². The molecule has 18 heavy (non-hydrogen) atoms. The second-order valence-electron chi connectivity index (χ2n) is 5.22. The van der Waals surface area contributed by atoms with Gasteiger partial charge in [-0.15, -0.1) is 0 Å². The summed E-state index contributed by atoms with van der Waals surface area (Å²) in [5.74, 6) is -1.11. The first-order valence-corrected chi connectivity index (χ1v) is 6.93. The van der Waals surface area contributed by atoms with Crippen LogP contribution in [0.4, 0.5) is 13.2 Å². The van der Waals surface area contributed by atoms with E-state index in [1.54, 1.807) is 0 Å². The minimum atomic E-state index is -4.02. The molecule has 1 saturated heterocycles. The Hall–Kier alpha value is -0.290. The van der Waals surface area contributed by atoms with Gasteiger partial charge >= 0.3 is 6.18 Å². The Balaban J connectivity index is 2.26. The van der Waals surface area contributed by atoms with Crippen LogP contribution in [0, 0.1) is 5.92 Å². The van der Waals surface area contributed by atoms with Crippen molar-refractivity contribution in [3.8, 4) is 0 Å². The van der Waals surface area contributed by atoms with Crippen LogP contribution in [-0.4, -0.2) is 43.8 Å². The minimum absolute atomic E-state index is 0.194. The molecule has 1 aliphatic rings. The molecule has 2 unspecified atom stereocenters. The second-order valence-corrected chi connectivity index (χ2v) is 5.22. The molecule has 2 nitrogen and oxygen atoms in total. The highest BCUT2D eigenvalue weighted by Crippen LogP contribution is 2.33. The van der Waals surface area contributed by atoms with Crippen molar-refractivity contribution in [2.75, 3.05) is 26.7 Å². The maximum absolute atomic E-state index is 12.6. The highest BCUT2D eigenvalue weighted by Gasteiger charge is 2.41. The zero-order valence-corrected chi connectivity index (χ0v) is 11.4. The lowest BCUT2D eigenvalue weighted by molar-refractivity contribution is -0.186.